The van der Waals surface area contributed by atoms with Crippen molar-refractivity contribution in [3.63, 3.8) is 0 Å². The van der Waals surface area contributed by atoms with Crippen LogP contribution in [-0.2, 0) is 13.1 Å². The molecule has 128 valence electrons. The molecule has 0 saturated carbocycles. The first kappa shape index (κ1) is 15.9. The van der Waals surface area contributed by atoms with E-state index in [0.29, 0.717) is 24.5 Å². The highest BCUT2D eigenvalue weighted by molar-refractivity contribution is 5.98. The molecule has 3 aromatic rings. The molecule has 0 bridgehead atoms. The number of nitriles is 1. The number of nitrogens with zero attached hydrogens (tertiary/aromatic N) is 3. The number of hydrogen-bond donors (Lipinski definition) is 2. The van der Waals surface area contributed by atoms with Crippen LogP contribution in [0.1, 0.15) is 21.5 Å². The summed E-state index contributed by atoms with van der Waals surface area (Å²) in [5.74, 6) is 0.589. The van der Waals surface area contributed by atoms with E-state index >= 15 is 0 Å². The van der Waals surface area contributed by atoms with Crippen LogP contribution < -0.4 is 10.6 Å². The summed E-state index contributed by atoms with van der Waals surface area (Å²) in [6.45, 7) is 1.24. The number of hydrogen-bond acceptors (Lipinski definition) is 5. The number of carbonyl (C=O) groups excluding carboxylic acids is 1. The number of anilines is 2. The molecule has 0 fully saturated rings. The number of aromatic nitrogens is 1. The molecule has 1 aliphatic heterocycles. The normalized spacial score (nSPS) is 12.5. The first-order valence-electron chi connectivity index (χ1n) is 8.32. The van der Waals surface area contributed by atoms with Crippen LogP contribution in [0.5, 0.6) is 0 Å². The smallest absolute Gasteiger partial charge is 0.251 e. The Morgan fingerprint density at radius 2 is 2.08 bits per heavy atom. The van der Waals surface area contributed by atoms with Gasteiger partial charge in [0, 0.05) is 35.4 Å². The van der Waals surface area contributed by atoms with Gasteiger partial charge in [-0.15, -0.1) is 0 Å². The van der Waals surface area contributed by atoms with Gasteiger partial charge in [-0.1, -0.05) is 18.2 Å². The van der Waals surface area contributed by atoms with Gasteiger partial charge >= 0.3 is 0 Å². The number of fused-ring (bicyclic) bond motifs is 2. The van der Waals surface area contributed by atoms with Gasteiger partial charge in [-0.3, -0.25) is 4.79 Å². The van der Waals surface area contributed by atoms with Crippen LogP contribution in [0.25, 0.3) is 10.8 Å². The lowest BCUT2D eigenvalue weighted by atomic mass is 10.1. The van der Waals surface area contributed by atoms with E-state index in [2.05, 4.69) is 21.8 Å². The molecular weight excluding hydrogens is 326 g/mol. The van der Waals surface area contributed by atoms with Crippen molar-refractivity contribution in [2.75, 3.05) is 12.4 Å². The van der Waals surface area contributed by atoms with Gasteiger partial charge < -0.3 is 15.5 Å². The van der Waals surface area contributed by atoms with Gasteiger partial charge in [-0.05, 0) is 35.2 Å². The lowest BCUT2D eigenvalue weighted by molar-refractivity contribution is 0.0963. The fourth-order valence-electron chi connectivity index (χ4n) is 3.24. The van der Waals surface area contributed by atoms with Crippen LogP contribution in [0, 0.1) is 11.5 Å². The SMILES string of the molecule is CNC(=O)c1ccc2cnc(Nc3cccc4c3CN(C#N)C4)cc2c1. The number of amides is 1. The van der Waals surface area contributed by atoms with Crippen LogP contribution >= 0.6 is 0 Å². The molecular formula is C20H17N5O. The van der Waals surface area contributed by atoms with Crippen molar-refractivity contribution in [1.82, 2.24) is 15.2 Å². The van der Waals surface area contributed by atoms with E-state index < -0.39 is 0 Å². The van der Waals surface area contributed by atoms with Gasteiger partial charge in [-0.25, -0.2) is 4.98 Å². The number of nitrogens with one attached hydrogen (secondary N) is 2. The second kappa shape index (κ2) is 6.37. The Bertz CT molecular complexity index is 1050. The molecule has 0 saturated heterocycles. The molecule has 0 spiro atoms. The van der Waals surface area contributed by atoms with E-state index in [1.165, 1.54) is 0 Å². The molecule has 6 heteroatoms. The second-order valence-electron chi connectivity index (χ2n) is 6.23. The highest BCUT2D eigenvalue weighted by atomic mass is 16.1. The van der Waals surface area contributed by atoms with Gasteiger partial charge in [0.1, 0.15) is 5.82 Å². The predicted molar refractivity (Wildman–Crippen MR) is 99.7 cm³/mol. The third-order valence-corrected chi connectivity index (χ3v) is 4.60. The van der Waals surface area contributed by atoms with E-state index in [4.69, 9.17) is 5.26 Å². The lowest BCUT2D eigenvalue weighted by Gasteiger charge is -2.11. The zero-order chi connectivity index (χ0) is 18.1. The number of benzene rings is 2. The first-order valence-corrected chi connectivity index (χ1v) is 8.32. The third kappa shape index (κ3) is 2.80. The summed E-state index contributed by atoms with van der Waals surface area (Å²) in [4.78, 5) is 18.0. The number of rotatable bonds is 3. The van der Waals surface area contributed by atoms with Crippen molar-refractivity contribution in [2.24, 2.45) is 0 Å². The summed E-state index contributed by atoms with van der Waals surface area (Å²) in [6, 6.07) is 13.5. The Morgan fingerprint density at radius 3 is 2.88 bits per heavy atom. The van der Waals surface area contributed by atoms with Crippen molar-refractivity contribution in [3.8, 4) is 6.19 Å². The van der Waals surface area contributed by atoms with Crippen LogP contribution in [0.2, 0.25) is 0 Å². The predicted octanol–water partition coefficient (Wildman–Crippen LogP) is 3.13. The zero-order valence-electron chi connectivity index (χ0n) is 14.3. The van der Waals surface area contributed by atoms with E-state index in [9.17, 15) is 4.79 Å². The summed E-state index contributed by atoms with van der Waals surface area (Å²) in [5.41, 5.74) is 3.84. The molecule has 2 heterocycles. The Morgan fingerprint density at radius 1 is 1.19 bits per heavy atom. The summed E-state index contributed by atoms with van der Waals surface area (Å²) in [6.07, 6.45) is 3.99. The van der Waals surface area contributed by atoms with E-state index in [1.807, 2.05) is 36.4 Å². The van der Waals surface area contributed by atoms with Gasteiger partial charge in [-0.2, -0.15) is 5.26 Å². The van der Waals surface area contributed by atoms with Gasteiger partial charge in [0.05, 0.1) is 13.1 Å². The minimum Gasteiger partial charge on any atom is -0.355 e. The Labute approximate surface area is 151 Å². The maximum Gasteiger partial charge on any atom is 0.251 e. The Hall–Kier alpha value is -3.59. The molecule has 0 aliphatic carbocycles. The summed E-state index contributed by atoms with van der Waals surface area (Å²) < 4.78 is 0. The second-order valence-corrected chi connectivity index (χ2v) is 6.23. The highest BCUT2D eigenvalue weighted by Crippen LogP contribution is 2.31. The quantitative estimate of drug-likeness (QED) is 0.714. The standard InChI is InChI=1S/C20H17N5O/c1-22-20(26)13-5-6-14-9-23-19(8-16(14)7-13)24-18-4-2-3-15-10-25(12-21)11-17(15)18/h2-9H,10-11H2,1H3,(H,22,26)(H,23,24). The minimum absolute atomic E-state index is 0.115. The fourth-order valence-corrected chi connectivity index (χ4v) is 3.24. The maximum atomic E-state index is 11.8. The molecule has 0 unspecified atom stereocenters. The Kier molecular flexibility index (Phi) is 3.90. The molecule has 1 aromatic heterocycles. The van der Waals surface area contributed by atoms with Gasteiger partial charge in [0.2, 0.25) is 0 Å². The van der Waals surface area contributed by atoms with Crippen molar-refractivity contribution < 1.29 is 4.79 Å². The van der Waals surface area contributed by atoms with Crippen LogP contribution in [0.4, 0.5) is 11.5 Å². The van der Waals surface area contributed by atoms with Crippen molar-refractivity contribution in [2.45, 2.75) is 13.1 Å². The summed E-state index contributed by atoms with van der Waals surface area (Å²) >= 11 is 0. The molecule has 2 aromatic carbocycles. The molecule has 26 heavy (non-hydrogen) atoms. The lowest BCUT2D eigenvalue weighted by Crippen LogP contribution is -2.17. The van der Waals surface area contributed by atoms with Crippen LogP contribution in [0.15, 0.2) is 48.7 Å². The van der Waals surface area contributed by atoms with Crippen molar-refractivity contribution in [1.29, 1.82) is 5.26 Å². The molecule has 0 atom stereocenters. The Balaban J connectivity index is 1.68. The molecule has 6 nitrogen and oxygen atoms in total. The maximum absolute atomic E-state index is 11.8. The van der Waals surface area contributed by atoms with E-state index in [1.54, 1.807) is 24.2 Å². The topological polar surface area (TPSA) is 81.1 Å². The van der Waals surface area contributed by atoms with E-state index in [-0.39, 0.29) is 5.91 Å². The number of carbonyl (C=O) groups is 1. The van der Waals surface area contributed by atoms with Crippen LogP contribution in [0.3, 0.4) is 0 Å². The molecule has 1 amide bonds. The third-order valence-electron chi connectivity index (χ3n) is 4.60. The molecule has 1 aliphatic rings. The average molecular weight is 343 g/mol. The number of pyridine rings is 1. The summed E-state index contributed by atoms with van der Waals surface area (Å²) in [5, 5.41) is 17.0. The van der Waals surface area contributed by atoms with E-state index in [0.717, 1.165) is 27.6 Å². The fraction of sp³-hybridized carbons (Fsp3) is 0.150. The zero-order valence-corrected chi connectivity index (χ0v) is 14.3. The molecule has 4 rings (SSSR count). The largest absolute Gasteiger partial charge is 0.355 e. The highest BCUT2D eigenvalue weighted by Gasteiger charge is 2.20. The monoisotopic (exact) mass is 343 g/mol. The first-order chi connectivity index (χ1) is 12.7. The molecule has 2 N–H and O–H groups in total. The minimum atomic E-state index is -0.115. The van der Waals surface area contributed by atoms with Crippen molar-refractivity contribution in [3.05, 3.63) is 65.4 Å². The summed E-state index contributed by atoms with van der Waals surface area (Å²) in [7, 11) is 1.62. The van der Waals surface area contributed by atoms with Crippen LogP contribution in [-0.4, -0.2) is 22.8 Å². The van der Waals surface area contributed by atoms with Crippen molar-refractivity contribution >= 4 is 28.2 Å². The van der Waals surface area contributed by atoms with Gasteiger partial charge in [0.25, 0.3) is 5.91 Å². The van der Waals surface area contributed by atoms with Gasteiger partial charge in [0.15, 0.2) is 6.19 Å². The molecule has 0 radical (unpaired) electrons. The average Bonchev–Trinajstić information content (AvgIpc) is 3.11.